The maximum atomic E-state index is 14.8. The predicted octanol–water partition coefficient (Wildman–Crippen LogP) is 4.54. The smallest absolute Gasteiger partial charge is 0.320 e. The van der Waals surface area contributed by atoms with E-state index in [1.165, 1.54) is 12.1 Å². The molecular formula is C22H20F2N2O2. The summed E-state index contributed by atoms with van der Waals surface area (Å²) in [7, 11) is 0. The van der Waals surface area contributed by atoms with Crippen LogP contribution in [0, 0.1) is 11.6 Å². The van der Waals surface area contributed by atoms with Crippen molar-refractivity contribution in [1.82, 2.24) is 9.88 Å². The summed E-state index contributed by atoms with van der Waals surface area (Å²) in [5.41, 5.74) is 1.06. The van der Waals surface area contributed by atoms with Crippen LogP contribution in [0.1, 0.15) is 36.4 Å². The van der Waals surface area contributed by atoms with Gasteiger partial charge in [-0.3, -0.25) is 14.7 Å². The number of pyridine rings is 1. The minimum atomic E-state index is -0.919. The average molecular weight is 382 g/mol. The fraction of sp³-hybridized carbons (Fsp3) is 0.273. The van der Waals surface area contributed by atoms with Crippen molar-refractivity contribution < 1.29 is 18.7 Å². The molecule has 1 aliphatic rings. The molecule has 2 atom stereocenters. The van der Waals surface area contributed by atoms with Gasteiger partial charge in [0.15, 0.2) is 0 Å². The Morgan fingerprint density at radius 1 is 1.11 bits per heavy atom. The lowest BCUT2D eigenvalue weighted by Crippen LogP contribution is -2.47. The van der Waals surface area contributed by atoms with E-state index >= 15 is 0 Å². The molecule has 2 unspecified atom stereocenters. The molecule has 2 heterocycles. The Kier molecular flexibility index (Phi) is 5.05. The number of benzene rings is 2. The van der Waals surface area contributed by atoms with Crippen molar-refractivity contribution in [3.63, 3.8) is 0 Å². The van der Waals surface area contributed by atoms with Crippen molar-refractivity contribution >= 4 is 16.7 Å². The third-order valence-electron chi connectivity index (χ3n) is 5.40. The van der Waals surface area contributed by atoms with Gasteiger partial charge in [-0.05, 0) is 48.5 Å². The van der Waals surface area contributed by atoms with Gasteiger partial charge in [-0.1, -0.05) is 24.6 Å². The third-order valence-corrected chi connectivity index (χ3v) is 5.40. The molecule has 1 N–H and O–H groups in total. The molecule has 4 nitrogen and oxygen atoms in total. The summed E-state index contributed by atoms with van der Waals surface area (Å²) in [5.74, 6) is -2.25. The second-order valence-electron chi connectivity index (χ2n) is 7.14. The molecule has 28 heavy (non-hydrogen) atoms. The Hall–Kier alpha value is -2.86. The fourth-order valence-electron chi connectivity index (χ4n) is 4.07. The Bertz CT molecular complexity index is 1020. The van der Waals surface area contributed by atoms with Crippen LogP contribution in [-0.2, 0) is 4.79 Å². The highest BCUT2D eigenvalue weighted by molar-refractivity contribution is 5.82. The Balaban J connectivity index is 1.88. The molecule has 3 aromatic rings. The van der Waals surface area contributed by atoms with E-state index in [0.29, 0.717) is 13.0 Å². The zero-order valence-corrected chi connectivity index (χ0v) is 15.2. The third kappa shape index (κ3) is 3.47. The highest BCUT2D eigenvalue weighted by Gasteiger charge is 2.36. The monoisotopic (exact) mass is 382 g/mol. The van der Waals surface area contributed by atoms with E-state index in [2.05, 4.69) is 4.98 Å². The minimum absolute atomic E-state index is 0.281. The number of carboxylic acid groups (broad SMARTS) is 1. The lowest BCUT2D eigenvalue weighted by molar-refractivity contribution is -0.145. The summed E-state index contributed by atoms with van der Waals surface area (Å²) < 4.78 is 28.3. The van der Waals surface area contributed by atoms with Crippen LogP contribution < -0.4 is 0 Å². The van der Waals surface area contributed by atoms with Crippen LogP contribution in [0.4, 0.5) is 8.78 Å². The molecule has 1 saturated heterocycles. The summed E-state index contributed by atoms with van der Waals surface area (Å²) in [4.78, 5) is 17.8. The van der Waals surface area contributed by atoms with E-state index in [-0.39, 0.29) is 5.56 Å². The Morgan fingerprint density at radius 2 is 1.96 bits per heavy atom. The lowest BCUT2D eigenvalue weighted by Gasteiger charge is -2.39. The fourth-order valence-corrected chi connectivity index (χ4v) is 4.07. The molecule has 144 valence electrons. The number of fused-ring (bicyclic) bond motifs is 1. The van der Waals surface area contributed by atoms with Crippen LogP contribution in [0.25, 0.3) is 10.8 Å². The maximum absolute atomic E-state index is 14.8. The summed E-state index contributed by atoms with van der Waals surface area (Å²) in [5, 5.41) is 11.6. The van der Waals surface area contributed by atoms with E-state index in [4.69, 9.17) is 0 Å². The van der Waals surface area contributed by atoms with Gasteiger partial charge in [-0.15, -0.1) is 0 Å². The van der Waals surface area contributed by atoms with Gasteiger partial charge in [0, 0.05) is 29.4 Å². The highest BCUT2D eigenvalue weighted by atomic mass is 19.1. The van der Waals surface area contributed by atoms with Gasteiger partial charge < -0.3 is 5.11 Å². The zero-order chi connectivity index (χ0) is 19.7. The summed E-state index contributed by atoms with van der Waals surface area (Å²) in [6.45, 7) is 0.535. The first-order chi connectivity index (χ1) is 13.5. The number of halogens is 2. The molecule has 2 aromatic carbocycles. The van der Waals surface area contributed by atoms with Gasteiger partial charge in [0.25, 0.3) is 0 Å². The van der Waals surface area contributed by atoms with Gasteiger partial charge in [-0.2, -0.15) is 0 Å². The SMILES string of the molecule is O=C(O)C1CCCCN1C(c1ccc2cnccc2c1)c1ccc(F)cc1F. The second-order valence-corrected chi connectivity index (χ2v) is 7.14. The van der Waals surface area contributed by atoms with Gasteiger partial charge >= 0.3 is 5.97 Å². The number of carboxylic acids is 1. The first-order valence-corrected chi connectivity index (χ1v) is 9.32. The van der Waals surface area contributed by atoms with Crippen molar-refractivity contribution in [2.24, 2.45) is 0 Å². The predicted molar refractivity (Wildman–Crippen MR) is 102 cm³/mol. The quantitative estimate of drug-likeness (QED) is 0.720. The molecule has 0 amide bonds. The largest absolute Gasteiger partial charge is 0.480 e. The van der Waals surface area contributed by atoms with Crippen LogP contribution in [-0.4, -0.2) is 33.5 Å². The maximum Gasteiger partial charge on any atom is 0.320 e. The van der Waals surface area contributed by atoms with Crippen LogP contribution in [0.15, 0.2) is 54.9 Å². The van der Waals surface area contributed by atoms with Crippen molar-refractivity contribution in [3.8, 4) is 0 Å². The number of hydrogen-bond donors (Lipinski definition) is 1. The highest BCUT2D eigenvalue weighted by Crippen LogP contribution is 2.36. The normalized spacial score (nSPS) is 18.9. The molecule has 1 aromatic heterocycles. The average Bonchev–Trinajstić information content (AvgIpc) is 2.70. The van der Waals surface area contributed by atoms with Crippen molar-refractivity contribution in [3.05, 3.63) is 77.6 Å². The molecule has 1 fully saturated rings. The molecule has 4 rings (SSSR count). The zero-order valence-electron chi connectivity index (χ0n) is 15.2. The number of carbonyl (C=O) groups is 1. The number of rotatable bonds is 4. The first kappa shape index (κ1) is 18.5. The molecule has 0 aliphatic carbocycles. The van der Waals surface area contributed by atoms with Crippen molar-refractivity contribution in [2.75, 3.05) is 6.54 Å². The van der Waals surface area contributed by atoms with Gasteiger partial charge in [-0.25, -0.2) is 8.78 Å². The molecule has 0 bridgehead atoms. The number of aromatic nitrogens is 1. The van der Waals surface area contributed by atoms with Crippen LogP contribution in [0.2, 0.25) is 0 Å². The topological polar surface area (TPSA) is 53.4 Å². The minimum Gasteiger partial charge on any atom is -0.480 e. The van der Waals surface area contributed by atoms with Gasteiger partial charge in [0.05, 0.1) is 6.04 Å². The van der Waals surface area contributed by atoms with Gasteiger partial charge in [0.1, 0.15) is 17.7 Å². The van der Waals surface area contributed by atoms with E-state index in [0.717, 1.165) is 35.2 Å². The first-order valence-electron chi connectivity index (χ1n) is 9.32. The van der Waals surface area contributed by atoms with Crippen LogP contribution in [0.3, 0.4) is 0 Å². The molecule has 1 aliphatic heterocycles. The molecule has 0 spiro atoms. The van der Waals surface area contributed by atoms with Crippen LogP contribution in [0.5, 0.6) is 0 Å². The molecule has 0 radical (unpaired) electrons. The summed E-state index contributed by atoms with van der Waals surface area (Å²) >= 11 is 0. The summed E-state index contributed by atoms with van der Waals surface area (Å²) in [6, 6.07) is 9.72. The Morgan fingerprint density at radius 3 is 2.75 bits per heavy atom. The molecule has 0 saturated carbocycles. The number of aliphatic carboxylic acids is 1. The lowest BCUT2D eigenvalue weighted by atomic mass is 9.90. The number of nitrogens with zero attached hydrogens (tertiary/aromatic N) is 2. The van der Waals surface area contributed by atoms with Gasteiger partial charge in [0.2, 0.25) is 0 Å². The van der Waals surface area contributed by atoms with Crippen molar-refractivity contribution in [1.29, 1.82) is 0 Å². The molecular weight excluding hydrogens is 362 g/mol. The number of piperidine rings is 1. The second kappa shape index (κ2) is 7.64. The van der Waals surface area contributed by atoms with Crippen molar-refractivity contribution in [2.45, 2.75) is 31.3 Å². The van der Waals surface area contributed by atoms with E-state index in [9.17, 15) is 18.7 Å². The van der Waals surface area contributed by atoms with E-state index in [1.54, 1.807) is 12.4 Å². The van der Waals surface area contributed by atoms with E-state index < -0.39 is 29.7 Å². The standard InChI is InChI=1S/C22H20F2N2O2/c23-17-6-7-18(19(24)12-17)21(26-10-2-1-3-20(26)22(27)28)15-4-5-16-13-25-9-8-14(16)11-15/h4-9,11-13,20-21H,1-3,10H2,(H,27,28). The Labute approximate surface area is 161 Å². The summed E-state index contributed by atoms with van der Waals surface area (Å²) in [6.07, 6.45) is 5.58. The number of hydrogen-bond acceptors (Lipinski definition) is 3. The molecule has 6 heteroatoms. The van der Waals surface area contributed by atoms with Crippen LogP contribution >= 0.6 is 0 Å². The van der Waals surface area contributed by atoms with E-state index in [1.807, 2.05) is 29.2 Å². The number of likely N-dealkylation sites (tertiary alicyclic amines) is 1.